The van der Waals surface area contributed by atoms with Crippen molar-refractivity contribution in [3.63, 3.8) is 0 Å². The molecule has 0 unspecified atom stereocenters. The van der Waals surface area contributed by atoms with Crippen LogP contribution in [-0.4, -0.2) is 47.3 Å². The van der Waals surface area contributed by atoms with Crippen LogP contribution in [0.5, 0.6) is 0 Å². The molecular weight excluding hydrogens is 261 g/mol. The van der Waals surface area contributed by atoms with Gasteiger partial charge in [0.1, 0.15) is 11.4 Å². The van der Waals surface area contributed by atoms with Gasteiger partial charge in [0.15, 0.2) is 0 Å². The molecule has 6 heteroatoms. The van der Waals surface area contributed by atoms with Crippen LogP contribution < -0.4 is 5.73 Å². The molecule has 20 heavy (non-hydrogen) atoms. The first kappa shape index (κ1) is 14.3. The van der Waals surface area contributed by atoms with Gasteiger partial charge >= 0.3 is 0 Å². The Bertz CT molecular complexity index is 572. The van der Waals surface area contributed by atoms with Crippen molar-refractivity contribution in [3.05, 3.63) is 29.6 Å². The van der Waals surface area contributed by atoms with E-state index in [0.717, 1.165) is 0 Å². The number of nitrogens with zero attached hydrogens (tertiary/aromatic N) is 2. The zero-order chi connectivity index (χ0) is 15.1. The number of nitrogens with two attached hydrogens (primary N) is 1. The maximum atomic E-state index is 13.5. The number of carbonyl (C=O) groups is 2. The summed E-state index contributed by atoms with van der Waals surface area (Å²) < 4.78 is 13.5. The number of benzene rings is 1. The van der Waals surface area contributed by atoms with E-state index in [0.29, 0.717) is 13.1 Å². The number of halogens is 1. The SMILES string of the molecule is CN1CCN(C(=O)c2cccc(F)c2N)C(C)(C)C1=O. The Balaban J connectivity index is 2.38. The van der Waals surface area contributed by atoms with Crippen LogP contribution in [0.1, 0.15) is 24.2 Å². The van der Waals surface area contributed by atoms with Crippen LogP contribution in [-0.2, 0) is 4.79 Å². The lowest BCUT2D eigenvalue weighted by molar-refractivity contribution is -0.144. The molecule has 0 spiro atoms. The highest BCUT2D eigenvalue weighted by Crippen LogP contribution is 2.26. The number of likely N-dealkylation sites (N-methyl/N-ethyl adjacent to an activating group) is 1. The second kappa shape index (κ2) is 4.77. The minimum absolute atomic E-state index is 0.0930. The summed E-state index contributed by atoms with van der Waals surface area (Å²) in [5, 5.41) is 0. The van der Waals surface area contributed by atoms with Crippen LogP contribution in [0.4, 0.5) is 10.1 Å². The van der Waals surface area contributed by atoms with Crippen molar-refractivity contribution < 1.29 is 14.0 Å². The zero-order valence-corrected chi connectivity index (χ0v) is 11.8. The number of rotatable bonds is 1. The molecule has 0 aromatic heterocycles. The summed E-state index contributed by atoms with van der Waals surface area (Å²) in [6, 6.07) is 4.11. The van der Waals surface area contributed by atoms with Gasteiger partial charge in [0.25, 0.3) is 5.91 Å². The van der Waals surface area contributed by atoms with Crippen molar-refractivity contribution in [1.82, 2.24) is 9.80 Å². The van der Waals surface area contributed by atoms with Gasteiger partial charge in [0, 0.05) is 20.1 Å². The van der Waals surface area contributed by atoms with Crippen LogP contribution in [0.3, 0.4) is 0 Å². The second-order valence-electron chi connectivity index (χ2n) is 5.44. The van der Waals surface area contributed by atoms with Crippen molar-refractivity contribution in [2.75, 3.05) is 25.9 Å². The van der Waals surface area contributed by atoms with Gasteiger partial charge in [-0.3, -0.25) is 9.59 Å². The first-order chi connectivity index (χ1) is 9.26. The average Bonchev–Trinajstić information content (AvgIpc) is 2.39. The monoisotopic (exact) mass is 279 g/mol. The largest absolute Gasteiger partial charge is 0.396 e. The van der Waals surface area contributed by atoms with Crippen LogP contribution >= 0.6 is 0 Å². The van der Waals surface area contributed by atoms with E-state index in [4.69, 9.17) is 5.73 Å². The van der Waals surface area contributed by atoms with E-state index in [-0.39, 0.29) is 17.2 Å². The first-order valence-corrected chi connectivity index (χ1v) is 6.38. The standard InChI is InChI=1S/C14H18FN3O2/c1-14(2)13(20)17(3)7-8-18(14)12(19)9-5-4-6-10(15)11(9)16/h4-6H,7-8,16H2,1-3H3. The molecule has 0 bridgehead atoms. The second-order valence-corrected chi connectivity index (χ2v) is 5.44. The maximum absolute atomic E-state index is 13.5. The predicted molar refractivity (Wildman–Crippen MR) is 73.6 cm³/mol. The molecule has 5 nitrogen and oxygen atoms in total. The third kappa shape index (κ3) is 2.11. The molecule has 0 radical (unpaired) electrons. The molecule has 1 heterocycles. The fourth-order valence-corrected chi connectivity index (χ4v) is 2.44. The smallest absolute Gasteiger partial charge is 0.256 e. The number of piperazine rings is 1. The summed E-state index contributed by atoms with van der Waals surface area (Å²) >= 11 is 0. The molecule has 2 rings (SSSR count). The Hall–Kier alpha value is -2.11. The lowest BCUT2D eigenvalue weighted by Crippen LogP contribution is -2.63. The zero-order valence-electron chi connectivity index (χ0n) is 11.8. The molecule has 2 N–H and O–H groups in total. The molecular formula is C14H18FN3O2. The van der Waals surface area contributed by atoms with Gasteiger partial charge in [-0.15, -0.1) is 0 Å². The summed E-state index contributed by atoms with van der Waals surface area (Å²) in [5.74, 6) is -1.20. The minimum Gasteiger partial charge on any atom is -0.396 e. The number of anilines is 1. The molecule has 1 fully saturated rings. The topological polar surface area (TPSA) is 66.6 Å². The quantitative estimate of drug-likeness (QED) is 0.783. The molecule has 1 aromatic rings. The Morgan fingerprint density at radius 1 is 1.35 bits per heavy atom. The number of hydrogen-bond donors (Lipinski definition) is 1. The van der Waals surface area contributed by atoms with Gasteiger partial charge in [-0.25, -0.2) is 4.39 Å². The normalized spacial score (nSPS) is 18.3. The molecule has 1 saturated heterocycles. The molecule has 108 valence electrons. The van der Waals surface area contributed by atoms with Crippen LogP contribution in [0, 0.1) is 5.82 Å². The third-order valence-electron chi connectivity index (χ3n) is 3.73. The summed E-state index contributed by atoms with van der Waals surface area (Å²) in [5.41, 5.74) is 4.57. The number of para-hydroxylation sites is 1. The van der Waals surface area contributed by atoms with Gasteiger partial charge in [-0.2, -0.15) is 0 Å². The van der Waals surface area contributed by atoms with Crippen molar-refractivity contribution in [2.45, 2.75) is 19.4 Å². The van der Waals surface area contributed by atoms with E-state index >= 15 is 0 Å². The van der Waals surface area contributed by atoms with Gasteiger partial charge < -0.3 is 15.5 Å². The Labute approximate surface area is 117 Å². The van der Waals surface area contributed by atoms with Crippen LogP contribution in [0.15, 0.2) is 18.2 Å². The summed E-state index contributed by atoms with van der Waals surface area (Å²) in [6.45, 7) is 4.20. The van der Waals surface area contributed by atoms with Gasteiger partial charge in [-0.05, 0) is 26.0 Å². The average molecular weight is 279 g/mol. The van der Waals surface area contributed by atoms with Crippen molar-refractivity contribution >= 4 is 17.5 Å². The van der Waals surface area contributed by atoms with Gasteiger partial charge in [0.2, 0.25) is 5.91 Å². The highest BCUT2D eigenvalue weighted by molar-refractivity contribution is 6.03. The lowest BCUT2D eigenvalue weighted by atomic mass is 9.96. The summed E-state index contributed by atoms with van der Waals surface area (Å²) in [6.07, 6.45) is 0. The van der Waals surface area contributed by atoms with Gasteiger partial charge in [-0.1, -0.05) is 6.07 Å². The molecule has 2 amide bonds. The lowest BCUT2D eigenvalue weighted by Gasteiger charge is -2.44. The highest BCUT2D eigenvalue weighted by atomic mass is 19.1. The molecule has 0 atom stereocenters. The number of amides is 2. The first-order valence-electron chi connectivity index (χ1n) is 6.38. The summed E-state index contributed by atoms with van der Waals surface area (Å²) in [7, 11) is 1.70. The number of carbonyl (C=O) groups excluding carboxylic acids is 2. The third-order valence-corrected chi connectivity index (χ3v) is 3.73. The predicted octanol–water partition coefficient (Wildman–Crippen LogP) is 1.10. The van der Waals surface area contributed by atoms with E-state index < -0.39 is 17.3 Å². The molecule has 1 aliphatic rings. The Morgan fingerprint density at radius 2 is 2.00 bits per heavy atom. The molecule has 0 aliphatic carbocycles. The van der Waals surface area contributed by atoms with Crippen LogP contribution in [0.2, 0.25) is 0 Å². The molecule has 1 aromatic carbocycles. The Kier molecular flexibility index (Phi) is 3.41. The van der Waals surface area contributed by atoms with E-state index in [1.807, 2.05) is 0 Å². The van der Waals surface area contributed by atoms with Crippen LogP contribution in [0.25, 0.3) is 0 Å². The molecule has 1 aliphatic heterocycles. The van der Waals surface area contributed by atoms with Crippen molar-refractivity contribution in [3.8, 4) is 0 Å². The maximum Gasteiger partial charge on any atom is 0.256 e. The number of nitrogen functional groups attached to an aromatic ring is 1. The minimum atomic E-state index is -0.969. The van der Waals surface area contributed by atoms with E-state index in [2.05, 4.69) is 0 Å². The molecule has 0 saturated carbocycles. The van der Waals surface area contributed by atoms with E-state index in [1.54, 1.807) is 25.8 Å². The fourth-order valence-electron chi connectivity index (χ4n) is 2.44. The highest BCUT2D eigenvalue weighted by Gasteiger charge is 2.43. The Morgan fingerprint density at radius 3 is 2.65 bits per heavy atom. The van der Waals surface area contributed by atoms with Crippen molar-refractivity contribution in [1.29, 1.82) is 0 Å². The number of hydrogen-bond acceptors (Lipinski definition) is 3. The van der Waals surface area contributed by atoms with Crippen molar-refractivity contribution in [2.24, 2.45) is 0 Å². The van der Waals surface area contributed by atoms with E-state index in [1.165, 1.54) is 23.1 Å². The fraction of sp³-hybridized carbons (Fsp3) is 0.429. The van der Waals surface area contributed by atoms with E-state index in [9.17, 15) is 14.0 Å². The van der Waals surface area contributed by atoms with Gasteiger partial charge in [0.05, 0.1) is 11.3 Å². The summed E-state index contributed by atoms with van der Waals surface area (Å²) in [4.78, 5) is 27.7.